The van der Waals surface area contributed by atoms with Crippen LogP contribution in [0.5, 0.6) is 0 Å². The average Bonchev–Trinajstić information content (AvgIpc) is 2.55. The first-order valence-electron chi connectivity index (χ1n) is 6.44. The van der Waals surface area contributed by atoms with Crippen LogP contribution in [0.2, 0.25) is 0 Å². The average molecular weight is 300 g/mol. The fraction of sp³-hybridized carbons (Fsp3) is 0.429. The van der Waals surface area contributed by atoms with Crippen molar-refractivity contribution in [3.8, 4) is 0 Å². The lowest BCUT2D eigenvalue weighted by Gasteiger charge is -2.25. The van der Waals surface area contributed by atoms with Crippen LogP contribution >= 0.6 is 0 Å². The molecule has 1 heterocycles. The van der Waals surface area contributed by atoms with Gasteiger partial charge in [-0.25, -0.2) is 9.69 Å². The molecule has 21 heavy (non-hydrogen) atoms. The Balaban J connectivity index is 2.39. The van der Waals surface area contributed by atoms with E-state index in [4.69, 9.17) is 0 Å². The largest absolute Gasteiger partial charge is 0.416 e. The molecule has 1 aliphatic heterocycles. The zero-order valence-corrected chi connectivity index (χ0v) is 11.9. The quantitative estimate of drug-likeness (QED) is 0.786. The van der Waals surface area contributed by atoms with Gasteiger partial charge in [-0.05, 0) is 45.0 Å². The van der Waals surface area contributed by atoms with Crippen molar-refractivity contribution in [3.63, 3.8) is 0 Å². The summed E-state index contributed by atoms with van der Waals surface area (Å²) < 4.78 is 37.6. The SMILES string of the molecule is CCN1C(=O)N(c2ccc(C(F)(F)F)cc2)C(=O)C1(C)C. The lowest BCUT2D eigenvalue weighted by Crippen LogP contribution is -2.43. The van der Waals surface area contributed by atoms with Crippen LogP contribution in [0.3, 0.4) is 0 Å². The van der Waals surface area contributed by atoms with E-state index in [1.54, 1.807) is 20.8 Å². The standard InChI is InChI=1S/C14H15F3N2O2/c1-4-18-12(21)19(11(20)13(18,2)3)10-7-5-9(6-8-10)14(15,16)17/h5-8H,4H2,1-3H3. The molecule has 114 valence electrons. The topological polar surface area (TPSA) is 40.6 Å². The number of likely N-dealkylation sites (N-methyl/N-ethyl adjacent to an activating group) is 1. The predicted octanol–water partition coefficient (Wildman–Crippen LogP) is 3.27. The molecule has 0 spiro atoms. The minimum absolute atomic E-state index is 0.141. The van der Waals surface area contributed by atoms with Crippen molar-refractivity contribution in [1.82, 2.24) is 4.90 Å². The van der Waals surface area contributed by atoms with Gasteiger partial charge in [-0.2, -0.15) is 13.2 Å². The Kier molecular flexibility index (Phi) is 3.47. The Morgan fingerprint density at radius 1 is 1.10 bits per heavy atom. The van der Waals surface area contributed by atoms with Crippen LogP contribution in [0.15, 0.2) is 24.3 Å². The molecular weight excluding hydrogens is 285 g/mol. The van der Waals surface area contributed by atoms with Gasteiger partial charge in [0.15, 0.2) is 0 Å². The highest BCUT2D eigenvalue weighted by Crippen LogP contribution is 2.34. The third-order valence-electron chi connectivity index (χ3n) is 3.59. The summed E-state index contributed by atoms with van der Waals surface area (Å²) in [6.07, 6.45) is -4.45. The number of carbonyl (C=O) groups excluding carboxylic acids is 2. The van der Waals surface area contributed by atoms with Gasteiger partial charge in [0.1, 0.15) is 5.54 Å². The third-order valence-corrected chi connectivity index (χ3v) is 3.59. The van der Waals surface area contributed by atoms with E-state index in [1.807, 2.05) is 0 Å². The van der Waals surface area contributed by atoms with Crippen LogP contribution in [0, 0.1) is 0 Å². The Bertz CT molecular complexity index is 579. The van der Waals surface area contributed by atoms with Crippen molar-refractivity contribution in [3.05, 3.63) is 29.8 Å². The predicted molar refractivity (Wildman–Crippen MR) is 70.8 cm³/mol. The number of hydrogen-bond donors (Lipinski definition) is 0. The lowest BCUT2D eigenvalue weighted by molar-refractivity contribution is -0.137. The molecule has 7 heteroatoms. The second-order valence-corrected chi connectivity index (χ2v) is 5.27. The molecule has 1 saturated heterocycles. The van der Waals surface area contributed by atoms with E-state index >= 15 is 0 Å². The number of hydrogen-bond acceptors (Lipinski definition) is 2. The van der Waals surface area contributed by atoms with Gasteiger partial charge in [0.25, 0.3) is 5.91 Å². The molecule has 0 N–H and O–H groups in total. The lowest BCUT2D eigenvalue weighted by atomic mass is 10.0. The molecule has 0 aromatic heterocycles. The van der Waals surface area contributed by atoms with Gasteiger partial charge in [0, 0.05) is 6.54 Å². The van der Waals surface area contributed by atoms with E-state index < -0.39 is 29.2 Å². The molecule has 3 amide bonds. The number of nitrogens with zero attached hydrogens (tertiary/aromatic N) is 2. The van der Waals surface area contributed by atoms with Gasteiger partial charge >= 0.3 is 12.2 Å². The van der Waals surface area contributed by atoms with Crippen molar-refractivity contribution >= 4 is 17.6 Å². The molecule has 2 rings (SSSR count). The maximum Gasteiger partial charge on any atom is 0.416 e. The minimum atomic E-state index is -4.45. The summed E-state index contributed by atoms with van der Waals surface area (Å²) in [4.78, 5) is 26.9. The number of imide groups is 1. The summed E-state index contributed by atoms with van der Waals surface area (Å²) in [6.45, 7) is 5.31. The molecule has 0 atom stereocenters. The first-order chi connectivity index (χ1) is 9.60. The second-order valence-electron chi connectivity index (χ2n) is 5.27. The zero-order valence-electron chi connectivity index (χ0n) is 11.9. The van der Waals surface area contributed by atoms with E-state index in [-0.39, 0.29) is 5.69 Å². The van der Waals surface area contributed by atoms with Crippen LogP contribution < -0.4 is 4.90 Å². The van der Waals surface area contributed by atoms with Crippen molar-refractivity contribution in [2.24, 2.45) is 0 Å². The van der Waals surface area contributed by atoms with E-state index in [1.165, 1.54) is 4.90 Å². The number of halogens is 3. The van der Waals surface area contributed by atoms with Crippen molar-refractivity contribution < 1.29 is 22.8 Å². The number of carbonyl (C=O) groups is 2. The molecule has 0 unspecified atom stereocenters. The van der Waals surface area contributed by atoms with Crippen LogP contribution in [-0.2, 0) is 11.0 Å². The van der Waals surface area contributed by atoms with Gasteiger partial charge in [-0.1, -0.05) is 0 Å². The molecule has 0 saturated carbocycles. The van der Waals surface area contributed by atoms with Gasteiger partial charge in [0.2, 0.25) is 0 Å². The highest BCUT2D eigenvalue weighted by atomic mass is 19.4. The van der Waals surface area contributed by atoms with Crippen LogP contribution in [0.4, 0.5) is 23.7 Å². The fourth-order valence-corrected chi connectivity index (χ4v) is 2.39. The van der Waals surface area contributed by atoms with Crippen molar-refractivity contribution in [2.75, 3.05) is 11.4 Å². The summed E-state index contributed by atoms with van der Waals surface area (Å²) in [5.41, 5.74) is -1.69. The molecule has 1 aromatic carbocycles. The van der Waals surface area contributed by atoms with Crippen LogP contribution in [0.1, 0.15) is 26.3 Å². The van der Waals surface area contributed by atoms with E-state index in [0.29, 0.717) is 6.54 Å². The number of anilines is 1. The Hall–Kier alpha value is -2.05. The summed E-state index contributed by atoms with van der Waals surface area (Å²) >= 11 is 0. The van der Waals surface area contributed by atoms with Gasteiger partial charge in [-0.15, -0.1) is 0 Å². The number of rotatable bonds is 2. The number of amides is 3. The minimum Gasteiger partial charge on any atom is -0.310 e. The van der Waals surface area contributed by atoms with Crippen molar-refractivity contribution in [2.45, 2.75) is 32.5 Å². The maximum atomic E-state index is 12.5. The molecule has 4 nitrogen and oxygen atoms in total. The summed E-state index contributed by atoms with van der Waals surface area (Å²) in [6, 6.07) is 3.46. The van der Waals surface area contributed by atoms with Crippen molar-refractivity contribution in [1.29, 1.82) is 0 Å². The third kappa shape index (κ3) is 2.36. The Morgan fingerprint density at radius 3 is 2.00 bits per heavy atom. The highest BCUT2D eigenvalue weighted by Gasteiger charge is 2.51. The smallest absolute Gasteiger partial charge is 0.310 e. The summed E-state index contributed by atoms with van der Waals surface area (Å²) in [5.74, 6) is -0.450. The van der Waals surface area contributed by atoms with E-state index in [9.17, 15) is 22.8 Å². The van der Waals surface area contributed by atoms with E-state index in [0.717, 1.165) is 29.2 Å². The highest BCUT2D eigenvalue weighted by molar-refractivity contribution is 6.22. The molecule has 0 bridgehead atoms. The Morgan fingerprint density at radius 2 is 1.62 bits per heavy atom. The number of urea groups is 1. The van der Waals surface area contributed by atoms with Crippen LogP contribution in [-0.4, -0.2) is 28.9 Å². The number of alkyl halides is 3. The molecule has 1 fully saturated rings. The molecule has 1 aliphatic rings. The monoisotopic (exact) mass is 300 g/mol. The fourth-order valence-electron chi connectivity index (χ4n) is 2.39. The second kappa shape index (κ2) is 4.75. The molecular formula is C14H15F3N2O2. The normalized spacial score (nSPS) is 18.6. The van der Waals surface area contributed by atoms with Gasteiger partial charge in [-0.3, -0.25) is 4.79 Å². The molecule has 1 aromatic rings. The molecule has 0 radical (unpaired) electrons. The summed E-state index contributed by atoms with van der Waals surface area (Å²) in [5, 5.41) is 0. The Labute approximate surface area is 120 Å². The first kappa shape index (κ1) is 15.3. The maximum absolute atomic E-state index is 12.5. The number of benzene rings is 1. The van der Waals surface area contributed by atoms with Gasteiger partial charge < -0.3 is 4.90 Å². The van der Waals surface area contributed by atoms with Crippen LogP contribution in [0.25, 0.3) is 0 Å². The first-order valence-corrected chi connectivity index (χ1v) is 6.44. The molecule has 0 aliphatic carbocycles. The zero-order chi connectivity index (χ0) is 16.0. The van der Waals surface area contributed by atoms with Gasteiger partial charge in [0.05, 0.1) is 11.3 Å². The van der Waals surface area contributed by atoms with E-state index in [2.05, 4.69) is 0 Å². The summed E-state index contributed by atoms with van der Waals surface area (Å²) in [7, 11) is 0.